The highest BCUT2D eigenvalue weighted by atomic mass is 32.2. The van der Waals surface area contributed by atoms with E-state index in [0.717, 1.165) is 17.2 Å². The van der Waals surface area contributed by atoms with Gasteiger partial charge in [-0.3, -0.25) is 4.79 Å². The molecule has 2 fully saturated rings. The van der Waals surface area contributed by atoms with Crippen LogP contribution in [0.2, 0.25) is 0 Å². The summed E-state index contributed by atoms with van der Waals surface area (Å²) in [5.41, 5.74) is 3.27. The zero-order valence-corrected chi connectivity index (χ0v) is 13.5. The zero-order valence-electron chi connectivity index (χ0n) is 12.7. The van der Waals surface area contributed by atoms with Crippen LogP contribution in [0.3, 0.4) is 0 Å². The van der Waals surface area contributed by atoms with Crippen molar-refractivity contribution in [3.05, 3.63) is 60.2 Å². The first-order valence-electron chi connectivity index (χ1n) is 8.20. The molecule has 0 spiro atoms. The van der Waals surface area contributed by atoms with Gasteiger partial charge in [0, 0.05) is 22.9 Å². The summed E-state index contributed by atoms with van der Waals surface area (Å²) in [6, 6.07) is 18.5. The number of benzene rings is 2. The summed E-state index contributed by atoms with van der Waals surface area (Å²) in [5.74, 6) is 1.72. The lowest BCUT2D eigenvalue weighted by molar-refractivity contribution is 0.0984. The van der Waals surface area contributed by atoms with E-state index >= 15 is 0 Å². The summed E-state index contributed by atoms with van der Waals surface area (Å²) in [7, 11) is 0.589. The van der Waals surface area contributed by atoms with Gasteiger partial charge in [-0.2, -0.15) is 0 Å². The number of ketones is 1. The van der Waals surface area contributed by atoms with Crippen LogP contribution in [0.4, 0.5) is 0 Å². The van der Waals surface area contributed by atoms with Crippen molar-refractivity contribution in [2.75, 3.05) is 5.75 Å². The van der Waals surface area contributed by atoms with Crippen LogP contribution in [0, 0.1) is 0 Å². The largest absolute Gasteiger partial charge is 0.294 e. The van der Waals surface area contributed by atoms with Crippen molar-refractivity contribution in [1.82, 2.24) is 0 Å². The van der Waals surface area contributed by atoms with Crippen molar-refractivity contribution in [1.29, 1.82) is 0 Å². The predicted molar refractivity (Wildman–Crippen MR) is 94.5 cm³/mol. The Kier molecular flexibility index (Phi) is 3.79. The van der Waals surface area contributed by atoms with E-state index in [1.165, 1.54) is 36.1 Å². The van der Waals surface area contributed by atoms with E-state index in [2.05, 4.69) is 24.3 Å². The molecule has 0 saturated carbocycles. The summed E-state index contributed by atoms with van der Waals surface area (Å²) in [6.45, 7) is 0. The molecule has 0 N–H and O–H groups in total. The lowest BCUT2D eigenvalue weighted by Crippen LogP contribution is -2.05. The monoisotopic (exact) mass is 309 g/mol. The molecule has 22 heavy (non-hydrogen) atoms. The van der Waals surface area contributed by atoms with Gasteiger partial charge in [0.05, 0.1) is 6.42 Å². The van der Waals surface area contributed by atoms with Gasteiger partial charge in [-0.15, -0.1) is 0 Å². The minimum atomic E-state index is 0.339. The third-order valence-corrected chi connectivity index (χ3v) is 8.00. The first kappa shape index (κ1) is 14.1. The van der Waals surface area contributed by atoms with Gasteiger partial charge in [-0.05, 0) is 24.0 Å². The predicted octanol–water partition coefficient (Wildman–Crippen LogP) is 4.48. The number of fused-ring (bicyclic) bond motifs is 1. The van der Waals surface area contributed by atoms with Gasteiger partial charge in [0.15, 0.2) is 16.3 Å². The van der Waals surface area contributed by atoms with Crippen molar-refractivity contribution in [3.63, 3.8) is 0 Å². The van der Waals surface area contributed by atoms with Gasteiger partial charge >= 0.3 is 0 Å². The molecule has 2 heteroatoms. The third kappa shape index (κ3) is 2.72. The fourth-order valence-electron chi connectivity index (χ4n) is 3.63. The van der Waals surface area contributed by atoms with Gasteiger partial charge in [0.25, 0.3) is 0 Å². The molecule has 1 nitrogen and oxygen atoms in total. The summed E-state index contributed by atoms with van der Waals surface area (Å²) in [6.07, 6.45) is 4.91. The second kappa shape index (κ2) is 5.92. The standard InChI is InChI=1S/C20H21OS/c21-18(14-20-19-8-4-5-13-22(19)20)17-11-9-16(10-12-17)15-6-2-1-3-7-15/h1-3,6-7,9-12,19-20H,4-5,8,13-14H2/q+1. The Bertz CT molecular complexity index is 650. The molecule has 0 aromatic heterocycles. The molecule has 0 amide bonds. The molecule has 4 rings (SSSR count). The smallest absolute Gasteiger partial charge is 0.172 e. The summed E-state index contributed by atoms with van der Waals surface area (Å²) in [4.78, 5) is 12.5. The quantitative estimate of drug-likeness (QED) is 0.462. The Morgan fingerprint density at radius 2 is 1.68 bits per heavy atom. The van der Waals surface area contributed by atoms with Crippen LogP contribution in [-0.4, -0.2) is 22.0 Å². The van der Waals surface area contributed by atoms with Crippen LogP contribution >= 0.6 is 0 Å². The van der Waals surface area contributed by atoms with E-state index in [0.29, 0.717) is 21.9 Å². The van der Waals surface area contributed by atoms with E-state index in [9.17, 15) is 4.79 Å². The van der Waals surface area contributed by atoms with Gasteiger partial charge in [0.1, 0.15) is 5.75 Å². The van der Waals surface area contributed by atoms with E-state index in [-0.39, 0.29) is 0 Å². The van der Waals surface area contributed by atoms with Crippen LogP contribution in [0.1, 0.15) is 36.0 Å². The fourth-order valence-corrected chi connectivity index (χ4v) is 6.78. The van der Waals surface area contributed by atoms with Crippen molar-refractivity contribution >= 4 is 16.7 Å². The minimum Gasteiger partial charge on any atom is -0.294 e. The topological polar surface area (TPSA) is 17.1 Å². The molecule has 2 aliphatic heterocycles. The van der Waals surface area contributed by atoms with Gasteiger partial charge in [-0.1, -0.05) is 54.6 Å². The molecule has 2 aromatic rings. The van der Waals surface area contributed by atoms with Crippen LogP contribution < -0.4 is 0 Å². The third-order valence-electron chi connectivity index (χ3n) is 4.94. The molecule has 2 aliphatic rings. The summed E-state index contributed by atoms with van der Waals surface area (Å²) < 4.78 is 0. The number of carbonyl (C=O) groups is 1. The van der Waals surface area contributed by atoms with Crippen molar-refractivity contribution in [2.24, 2.45) is 0 Å². The highest BCUT2D eigenvalue weighted by molar-refractivity contribution is 8.05. The van der Waals surface area contributed by atoms with Crippen molar-refractivity contribution in [3.8, 4) is 11.1 Å². The molecule has 0 aliphatic carbocycles. The maximum absolute atomic E-state index is 12.5. The molecular formula is C20H21OS+. The Labute approximate surface area is 135 Å². The highest BCUT2D eigenvalue weighted by Gasteiger charge is 2.63. The van der Waals surface area contributed by atoms with E-state index < -0.39 is 0 Å². The number of carbonyl (C=O) groups excluding carboxylic acids is 1. The van der Waals surface area contributed by atoms with E-state index in [1.54, 1.807) is 0 Å². The molecule has 3 unspecified atom stereocenters. The lowest BCUT2D eigenvalue weighted by atomic mass is 10.00. The Hall–Kier alpha value is -1.54. The maximum Gasteiger partial charge on any atom is 0.172 e. The van der Waals surface area contributed by atoms with Gasteiger partial charge < -0.3 is 0 Å². The van der Waals surface area contributed by atoms with Crippen LogP contribution in [0.25, 0.3) is 11.1 Å². The number of hydrogen-bond acceptors (Lipinski definition) is 1. The molecule has 0 radical (unpaired) electrons. The molecule has 112 valence electrons. The molecular weight excluding hydrogens is 288 g/mol. The average Bonchev–Trinajstić information content (AvgIpc) is 3.29. The molecule has 3 atom stereocenters. The lowest BCUT2D eigenvalue weighted by Gasteiger charge is -2.03. The Morgan fingerprint density at radius 3 is 2.36 bits per heavy atom. The first-order chi connectivity index (χ1) is 10.8. The second-order valence-corrected chi connectivity index (χ2v) is 8.87. The zero-order chi connectivity index (χ0) is 14.9. The molecule has 2 aromatic carbocycles. The van der Waals surface area contributed by atoms with E-state index in [1.807, 2.05) is 30.3 Å². The highest BCUT2D eigenvalue weighted by Crippen LogP contribution is 2.45. The average molecular weight is 309 g/mol. The second-order valence-electron chi connectivity index (χ2n) is 6.32. The molecule has 2 heterocycles. The van der Waals surface area contributed by atoms with Gasteiger partial charge in [0.2, 0.25) is 0 Å². The number of Topliss-reactive ketones (excluding diaryl/α,β-unsaturated/α-hetero) is 1. The molecule has 2 saturated heterocycles. The Balaban J connectivity index is 1.43. The van der Waals surface area contributed by atoms with Crippen molar-refractivity contribution < 1.29 is 4.79 Å². The number of rotatable bonds is 4. The van der Waals surface area contributed by atoms with Crippen LogP contribution in [-0.2, 0) is 10.9 Å². The first-order valence-corrected chi connectivity index (χ1v) is 9.72. The van der Waals surface area contributed by atoms with Crippen LogP contribution in [0.5, 0.6) is 0 Å². The van der Waals surface area contributed by atoms with Crippen molar-refractivity contribution in [2.45, 2.75) is 36.2 Å². The SMILES string of the molecule is O=C(CC1C2CCCC[S+]21)c1ccc(-c2ccccc2)cc1. The fraction of sp³-hybridized carbons (Fsp3) is 0.350. The minimum absolute atomic E-state index is 0.339. The number of hydrogen-bond donors (Lipinski definition) is 0. The van der Waals surface area contributed by atoms with E-state index in [4.69, 9.17) is 0 Å². The molecule has 0 bridgehead atoms. The normalized spacial score (nSPS) is 26.3. The Morgan fingerprint density at radius 1 is 0.955 bits per heavy atom. The summed E-state index contributed by atoms with van der Waals surface area (Å²) >= 11 is 0. The van der Waals surface area contributed by atoms with Crippen LogP contribution in [0.15, 0.2) is 54.6 Å². The van der Waals surface area contributed by atoms with Gasteiger partial charge in [-0.25, -0.2) is 0 Å². The summed E-state index contributed by atoms with van der Waals surface area (Å²) in [5, 5.41) is 1.60. The maximum atomic E-state index is 12.5.